The van der Waals surface area contributed by atoms with Crippen molar-refractivity contribution >= 4 is 15.8 Å². The molecule has 0 aliphatic heterocycles. The lowest BCUT2D eigenvalue weighted by atomic mass is 10.1. The van der Waals surface area contributed by atoms with Crippen LogP contribution in [0.3, 0.4) is 0 Å². The number of benzene rings is 1. The summed E-state index contributed by atoms with van der Waals surface area (Å²) in [4.78, 5) is 15.3. The van der Waals surface area contributed by atoms with Gasteiger partial charge in [0.2, 0.25) is 0 Å². The van der Waals surface area contributed by atoms with Crippen LogP contribution in [-0.2, 0) is 9.84 Å². The van der Waals surface area contributed by atoms with Crippen LogP contribution in [0, 0.1) is 0 Å². The van der Waals surface area contributed by atoms with Gasteiger partial charge in [0, 0.05) is 18.0 Å². The van der Waals surface area contributed by atoms with Gasteiger partial charge in [0.1, 0.15) is 0 Å². The Hall–Kier alpha value is -2.21. The van der Waals surface area contributed by atoms with E-state index in [0.29, 0.717) is 11.3 Å². The molecule has 0 saturated carbocycles. The molecule has 0 saturated heterocycles. The van der Waals surface area contributed by atoms with Crippen LogP contribution in [0.2, 0.25) is 0 Å². The van der Waals surface area contributed by atoms with E-state index in [4.69, 9.17) is 5.11 Å². The van der Waals surface area contributed by atoms with Gasteiger partial charge < -0.3 is 5.11 Å². The number of pyridine rings is 1. The standard InChI is InChI=1S/C13H11NO4S/c1-19(17,18)10-6-4-9(5-7-10)12-11(13(15)16)3-2-8-14-12/h2-8H,1H3,(H,15,16). The molecule has 5 nitrogen and oxygen atoms in total. The summed E-state index contributed by atoms with van der Waals surface area (Å²) in [7, 11) is -3.26. The van der Waals surface area contributed by atoms with Crippen LogP contribution in [0.5, 0.6) is 0 Å². The predicted octanol–water partition coefficient (Wildman–Crippen LogP) is 1.85. The minimum Gasteiger partial charge on any atom is -0.478 e. The van der Waals surface area contributed by atoms with E-state index in [1.807, 2.05) is 0 Å². The second-order valence-corrected chi connectivity index (χ2v) is 6.02. The summed E-state index contributed by atoms with van der Waals surface area (Å²) in [5.74, 6) is -1.07. The van der Waals surface area contributed by atoms with Crippen molar-refractivity contribution < 1.29 is 18.3 Å². The van der Waals surface area contributed by atoms with Gasteiger partial charge in [-0.15, -0.1) is 0 Å². The van der Waals surface area contributed by atoms with Gasteiger partial charge in [-0.1, -0.05) is 12.1 Å². The van der Waals surface area contributed by atoms with Gasteiger partial charge in [-0.05, 0) is 24.3 Å². The second-order valence-electron chi connectivity index (χ2n) is 4.00. The first kappa shape index (κ1) is 13.2. The highest BCUT2D eigenvalue weighted by Gasteiger charge is 2.13. The number of aromatic nitrogens is 1. The quantitative estimate of drug-likeness (QED) is 0.925. The average Bonchev–Trinajstić information content (AvgIpc) is 2.38. The fourth-order valence-electron chi connectivity index (χ4n) is 1.67. The molecule has 0 aliphatic carbocycles. The van der Waals surface area contributed by atoms with E-state index < -0.39 is 15.8 Å². The van der Waals surface area contributed by atoms with Gasteiger partial charge in [-0.25, -0.2) is 13.2 Å². The van der Waals surface area contributed by atoms with E-state index in [2.05, 4.69) is 4.98 Å². The van der Waals surface area contributed by atoms with E-state index in [0.717, 1.165) is 6.26 Å². The lowest BCUT2D eigenvalue weighted by molar-refractivity contribution is 0.0697. The molecule has 2 aromatic rings. The number of sulfone groups is 1. The monoisotopic (exact) mass is 277 g/mol. The molecule has 6 heteroatoms. The Bertz CT molecular complexity index is 721. The largest absolute Gasteiger partial charge is 0.478 e. The average molecular weight is 277 g/mol. The van der Waals surface area contributed by atoms with Gasteiger partial charge in [-0.3, -0.25) is 4.98 Å². The maximum atomic E-state index is 11.3. The molecular weight excluding hydrogens is 266 g/mol. The third kappa shape index (κ3) is 2.79. The van der Waals surface area contributed by atoms with Crippen molar-refractivity contribution in [3.8, 4) is 11.3 Å². The molecule has 0 radical (unpaired) electrons. The lowest BCUT2D eigenvalue weighted by Gasteiger charge is -2.05. The smallest absolute Gasteiger partial charge is 0.337 e. The van der Waals surface area contributed by atoms with Crippen LogP contribution in [0.4, 0.5) is 0 Å². The minimum absolute atomic E-state index is 0.0783. The molecule has 0 bridgehead atoms. The number of hydrogen-bond donors (Lipinski definition) is 1. The van der Waals surface area contributed by atoms with Crippen molar-refractivity contribution in [2.75, 3.05) is 6.26 Å². The molecule has 0 atom stereocenters. The first-order valence-electron chi connectivity index (χ1n) is 5.38. The Balaban J connectivity index is 2.52. The van der Waals surface area contributed by atoms with Crippen molar-refractivity contribution in [2.45, 2.75) is 4.90 Å². The van der Waals surface area contributed by atoms with Crippen molar-refractivity contribution in [3.63, 3.8) is 0 Å². The van der Waals surface area contributed by atoms with Crippen LogP contribution < -0.4 is 0 Å². The normalized spacial score (nSPS) is 11.2. The van der Waals surface area contributed by atoms with Crippen LogP contribution in [0.15, 0.2) is 47.5 Å². The molecule has 0 unspecified atom stereocenters. The van der Waals surface area contributed by atoms with Crippen LogP contribution in [0.25, 0.3) is 11.3 Å². The van der Waals surface area contributed by atoms with Crippen LogP contribution in [-0.4, -0.2) is 30.7 Å². The third-order valence-corrected chi connectivity index (χ3v) is 3.72. The summed E-state index contributed by atoms with van der Waals surface area (Å²) in [6, 6.07) is 8.96. The fourth-order valence-corrected chi connectivity index (χ4v) is 2.30. The lowest BCUT2D eigenvalue weighted by Crippen LogP contribution is -2.01. The fraction of sp³-hybridized carbons (Fsp3) is 0.0769. The number of carboxylic acids is 1. The third-order valence-electron chi connectivity index (χ3n) is 2.59. The molecule has 0 amide bonds. The molecule has 1 heterocycles. The maximum absolute atomic E-state index is 11.3. The molecule has 19 heavy (non-hydrogen) atoms. The summed E-state index contributed by atoms with van der Waals surface area (Å²) in [6.45, 7) is 0. The molecule has 1 aromatic carbocycles. The van der Waals surface area contributed by atoms with E-state index >= 15 is 0 Å². The highest BCUT2D eigenvalue weighted by Crippen LogP contribution is 2.22. The minimum atomic E-state index is -3.26. The molecule has 0 fully saturated rings. The summed E-state index contributed by atoms with van der Waals surface area (Å²) in [5.41, 5.74) is 0.954. The van der Waals surface area contributed by atoms with Crippen molar-refractivity contribution in [1.29, 1.82) is 0 Å². The SMILES string of the molecule is CS(=O)(=O)c1ccc(-c2ncccc2C(=O)O)cc1. The van der Waals surface area contributed by atoms with Crippen molar-refractivity contribution in [2.24, 2.45) is 0 Å². The van der Waals surface area contributed by atoms with Gasteiger partial charge in [0.25, 0.3) is 0 Å². The van der Waals surface area contributed by atoms with Crippen molar-refractivity contribution in [1.82, 2.24) is 4.98 Å². The Morgan fingerprint density at radius 2 is 1.79 bits per heavy atom. The molecule has 1 N–H and O–H groups in total. The Morgan fingerprint density at radius 3 is 2.32 bits per heavy atom. The number of carbonyl (C=O) groups is 1. The number of nitrogens with zero attached hydrogens (tertiary/aromatic N) is 1. The van der Waals surface area contributed by atoms with E-state index in [1.165, 1.54) is 30.5 Å². The number of rotatable bonds is 3. The van der Waals surface area contributed by atoms with Crippen molar-refractivity contribution in [3.05, 3.63) is 48.2 Å². The molecule has 98 valence electrons. The summed E-state index contributed by atoms with van der Waals surface area (Å²) in [5, 5.41) is 9.07. The Labute approximate surface area is 110 Å². The zero-order valence-corrected chi connectivity index (χ0v) is 10.9. The highest BCUT2D eigenvalue weighted by molar-refractivity contribution is 7.90. The van der Waals surface area contributed by atoms with Gasteiger partial charge in [0.05, 0.1) is 16.2 Å². The maximum Gasteiger partial charge on any atom is 0.337 e. The Morgan fingerprint density at radius 1 is 1.16 bits per heavy atom. The molecule has 0 aliphatic rings. The first-order valence-corrected chi connectivity index (χ1v) is 7.27. The van der Waals surface area contributed by atoms with Crippen LogP contribution in [0.1, 0.15) is 10.4 Å². The molecular formula is C13H11NO4S. The number of hydrogen-bond acceptors (Lipinski definition) is 4. The zero-order valence-electron chi connectivity index (χ0n) is 10.1. The van der Waals surface area contributed by atoms with E-state index in [9.17, 15) is 13.2 Å². The molecule has 0 spiro atoms. The summed E-state index contributed by atoms with van der Waals surface area (Å²) < 4.78 is 22.7. The highest BCUT2D eigenvalue weighted by atomic mass is 32.2. The van der Waals surface area contributed by atoms with Gasteiger partial charge >= 0.3 is 5.97 Å². The van der Waals surface area contributed by atoms with E-state index in [1.54, 1.807) is 12.1 Å². The zero-order chi connectivity index (χ0) is 14.0. The van der Waals surface area contributed by atoms with Crippen LogP contribution >= 0.6 is 0 Å². The Kier molecular flexibility index (Phi) is 3.35. The second kappa shape index (κ2) is 4.81. The van der Waals surface area contributed by atoms with Gasteiger partial charge in [0.15, 0.2) is 9.84 Å². The summed E-state index contributed by atoms with van der Waals surface area (Å²) >= 11 is 0. The molecule has 1 aromatic heterocycles. The predicted molar refractivity (Wildman–Crippen MR) is 69.7 cm³/mol. The molecule has 2 rings (SSSR count). The summed E-state index contributed by atoms with van der Waals surface area (Å²) in [6.07, 6.45) is 2.61. The number of aromatic carboxylic acids is 1. The topological polar surface area (TPSA) is 84.3 Å². The number of carboxylic acid groups (broad SMARTS) is 1. The first-order chi connectivity index (χ1) is 8.89. The van der Waals surface area contributed by atoms with Gasteiger partial charge in [-0.2, -0.15) is 0 Å². The van der Waals surface area contributed by atoms with E-state index in [-0.39, 0.29) is 10.5 Å².